The minimum Gasteiger partial charge on any atom is -0.384 e. The molecule has 1 rings (SSSR count). The van der Waals surface area contributed by atoms with Crippen molar-refractivity contribution >= 4 is 39.1 Å². The topological polar surface area (TPSA) is 20.2 Å². The molecule has 0 aromatic heterocycles. The third kappa shape index (κ3) is 2.26. The Bertz CT molecular complexity index is 339. The zero-order valence-electron chi connectivity index (χ0n) is 6.60. The average molecular weight is 282 g/mol. The van der Waals surface area contributed by atoms with E-state index in [1.165, 1.54) is 6.08 Å². The van der Waals surface area contributed by atoms with Crippen molar-refractivity contribution < 1.29 is 5.11 Å². The van der Waals surface area contributed by atoms with Crippen molar-refractivity contribution in [2.45, 2.75) is 6.10 Å². The highest BCUT2D eigenvalue weighted by Crippen LogP contribution is 2.35. The second-order valence-electron chi connectivity index (χ2n) is 2.45. The Morgan fingerprint density at radius 2 is 2.00 bits per heavy atom. The van der Waals surface area contributed by atoms with Crippen molar-refractivity contribution in [1.29, 1.82) is 0 Å². The summed E-state index contributed by atoms with van der Waals surface area (Å²) in [6.07, 6.45) is 0.615. The molecule has 0 aliphatic carbocycles. The lowest BCUT2D eigenvalue weighted by molar-refractivity contribution is 0.229. The molecule has 13 heavy (non-hydrogen) atoms. The first kappa shape index (κ1) is 11.1. The van der Waals surface area contributed by atoms with Gasteiger partial charge in [-0.3, -0.25) is 0 Å². The molecule has 0 saturated carbocycles. The zero-order chi connectivity index (χ0) is 10.0. The molecular weight excluding hydrogens is 275 g/mol. The van der Waals surface area contributed by atoms with E-state index >= 15 is 0 Å². The third-order valence-electron chi connectivity index (χ3n) is 1.61. The van der Waals surface area contributed by atoms with Crippen LogP contribution in [0.5, 0.6) is 0 Å². The molecule has 70 valence electrons. The van der Waals surface area contributed by atoms with Gasteiger partial charge in [0.2, 0.25) is 0 Å². The van der Waals surface area contributed by atoms with Gasteiger partial charge in [-0.15, -0.1) is 6.58 Å². The molecule has 0 amide bonds. The molecule has 0 aliphatic heterocycles. The summed E-state index contributed by atoms with van der Waals surface area (Å²) < 4.78 is 0.708. The molecule has 1 aromatic rings. The molecule has 0 spiro atoms. The number of rotatable bonds is 2. The van der Waals surface area contributed by atoms with Gasteiger partial charge in [0.15, 0.2) is 0 Å². The minimum atomic E-state index is -0.780. The smallest absolute Gasteiger partial charge is 0.0984 e. The number of aliphatic hydroxyl groups is 1. The van der Waals surface area contributed by atoms with E-state index in [1.807, 2.05) is 0 Å². The van der Waals surface area contributed by atoms with Crippen LogP contribution in [0, 0.1) is 0 Å². The fourth-order valence-electron chi connectivity index (χ4n) is 0.896. The Kier molecular flexibility index (Phi) is 3.80. The van der Waals surface area contributed by atoms with E-state index in [0.29, 0.717) is 20.1 Å². The van der Waals surface area contributed by atoms with Gasteiger partial charge < -0.3 is 5.11 Å². The van der Waals surface area contributed by atoms with Crippen LogP contribution in [0.2, 0.25) is 10.0 Å². The molecule has 1 unspecified atom stereocenters. The van der Waals surface area contributed by atoms with E-state index in [0.717, 1.165) is 0 Å². The Morgan fingerprint density at radius 1 is 1.38 bits per heavy atom. The van der Waals surface area contributed by atoms with E-state index in [4.69, 9.17) is 23.2 Å². The Morgan fingerprint density at radius 3 is 2.54 bits per heavy atom. The second kappa shape index (κ2) is 4.47. The molecule has 1 N–H and O–H groups in total. The largest absolute Gasteiger partial charge is 0.384 e. The fourth-order valence-corrected chi connectivity index (χ4v) is 1.79. The Balaban J connectivity index is 3.25. The SMILES string of the molecule is C=CC(O)c1ccc(Br)c(Cl)c1Cl. The lowest BCUT2D eigenvalue weighted by Gasteiger charge is -2.09. The first-order valence-electron chi connectivity index (χ1n) is 3.52. The van der Waals surface area contributed by atoms with Crippen LogP contribution in [0.15, 0.2) is 29.3 Å². The first-order valence-corrected chi connectivity index (χ1v) is 5.07. The zero-order valence-corrected chi connectivity index (χ0v) is 9.70. The van der Waals surface area contributed by atoms with Crippen LogP contribution >= 0.6 is 39.1 Å². The van der Waals surface area contributed by atoms with Crippen molar-refractivity contribution in [3.63, 3.8) is 0 Å². The van der Waals surface area contributed by atoms with Gasteiger partial charge in [0.1, 0.15) is 0 Å². The van der Waals surface area contributed by atoms with Crippen LogP contribution < -0.4 is 0 Å². The average Bonchev–Trinajstić information content (AvgIpc) is 2.13. The molecular formula is C9H7BrCl2O. The number of aliphatic hydroxyl groups excluding tert-OH is 1. The highest BCUT2D eigenvalue weighted by Gasteiger charge is 2.12. The fraction of sp³-hybridized carbons (Fsp3) is 0.111. The maximum Gasteiger partial charge on any atom is 0.0984 e. The predicted molar refractivity (Wildman–Crippen MR) is 59.3 cm³/mol. The highest BCUT2D eigenvalue weighted by molar-refractivity contribution is 9.10. The van der Waals surface area contributed by atoms with Gasteiger partial charge in [-0.2, -0.15) is 0 Å². The molecule has 0 aliphatic rings. The first-order chi connectivity index (χ1) is 6.07. The van der Waals surface area contributed by atoms with Gasteiger partial charge in [0.05, 0.1) is 16.1 Å². The minimum absolute atomic E-state index is 0.350. The standard InChI is InChI=1S/C9H7BrCl2O/c1-2-7(13)5-3-4-6(10)9(12)8(5)11/h2-4,7,13H,1H2. The molecule has 0 saturated heterocycles. The van der Waals surface area contributed by atoms with Crippen LogP contribution in [0.25, 0.3) is 0 Å². The molecule has 4 heteroatoms. The van der Waals surface area contributed by atoms with E-state index < -0.39 is 6.10 Å². The summed E-state index contributed by atoms with van der Waals surface area (Å²) >= 11 is 15.0. The molecule has 1 atom stereocenters. The summed E-state index contributed by atoms with van der Waals surface area (Å²) in [6.45, 7) is 3.47. The van der Waals surface area contributed by atoms with Crippen molar-refractivity contribution in [3.05, 3.63) is 44.9 Å². The molecule has 0 heterocycles. The van der Waals surface area contributed by atoms with E-state index in [9.17, 15) is 5.11 Å². The van der Waals surface area contributed by atoms with Crippen molar-refractivity contribution in [2.75, 3.05) is 0 Å². The van der Waals surface area contributed by atoms with Gasteiger partial charge in [-0.05, 0) is 22.0 Å². The second-order valence-corrected chi connectivity index (χ2v) is 4.06. The number of hydrogen-bond donors (Lipinski definition) is 1. The van der Waals surface area contributed by atoms with Crippen LogP contribution in [0.4, 0.5) is 0 Å². The van der Waals surface area contributed by atoms with Gasteiger partial charge in [0, 0.05) is 10.0 Å². The van der Waals surface area contributed by atoms with Crippen LogP contribution in [-0.2, 0) is 0 Å². The van der Waals surface area contributed by atoms with Crippen LogP contribution in [-0.4, -0.2) is 5.11 Å². The van der Waals surface area contributed by atoms with Crippen molar-refractivity contribution in [2.24, 2.45) is 0 Å². The van der Waals surface area contributed by atoms with Gasteiger partial charge in [-0.1, -0.05) is 35.3 Å². The van der Waals surface area contributed by atoms with E-state index in [2.05, 4.69) is 22.5 Å². The monoisotopic (exact) mass is 280 g/mol. The van der Waals surface area contributed by atoms with E-state index in [-0.39, 0.29) is 0 Å². The van der Waals surface area contributed by atoms with Gasteiger partial charge in [0.25, 0.3) is 0 Å². The molecule has 1 nitrogen and oxygen atoms in total. The number of hydrogen-bond acceptors (Lipinski definition) is 1. The normalized spacial score (nSPS) is 12.6. The number of halogens is 3. The van der Waals surface area contributed by atoms with Crippen molar-refractivity contribution in [1.82, 2.24) is 0 Å². The highest BCUT2D eigenvalue weighted by atomic mass is 79.9. The number of benzene rings is 1. The van der Waals surface area contributed by atoms with E-state index in [1.54, 1.807) is 12.1 Å². The summed E-state index contributed by atoms with van der Waals surface area (Å²) in [5.41, 5.74) is 0.560. The predicted octanol–water partition coefficient (Wildman–Crippen LogP) is 3.98. The Labute approximate surface area is 95.1 Å². The molecule has 1 aromatic carbocycles. The summed E-state index contributed by atoms with van der Waals surface area (Å²) in [6, 6.07) is 3.43. The summed E-state index contributed by atoms with van der Waals surface area (Å²) in [5, 5.41) is 10.2. The third-order valence-corrected chi connectivity index (χ3v) is 3.39. The maximum absolute atomic E-state index is 9.45. The molecule has 0 fully saturated rings. The maximum atomic E-state index is 9.45. The summed E-state index contributed by atoms with van der Waals surface area (Å²) in [7, 11) is 0. The summed E-state index contributed by atoms with van der Waals surface area (Å²) in [5.74, 6) is 0. The molecule has 0 radical (unpaired) electrons. The summed E-state index contributed by atoms with van der Waals surface area (Å²) in [4.78, 5) is 0. The molecule has 0 bridgehead atoms. The Hall–Kier alpha value is -0.0200. The van der Waals surface area contributed by atoms with Gasteiger partial charge >= 0.3 is 0 Å². The lowest BCUT2D eigenvalue weighted by Crippen LogP contribution is -1.94. The lowest BCUT2D eigenvalue weighted by atomic mass is 10.1. The van der Waals surface area contributed by atoms with Crippen molar-refractivity contribution in [3.8, 4) is 0 Å². The van der Waals surface area contributed by atoms with Crippen LogP contribution in [0.1, 0.15) is 11.7 Å². The quantitative estimate of drug-likeness (QED) is 0.642. The van der Waals surface area contributed by atoms with Gasteiger partial charge in [-0.25, -0.2) is 0 Å². The van der Waals surface area contributed by atoms with Crippen LogP contribution in [0.3, 0.4) is 0 Å².